The van der Waals surface area contributed by atoms with E-state index in [-0.39, 0.29) is 54.7 Å². The molecule has 0 bridgehead atoms. The molecule has 2 N–H and O–H groups in total. The normalized spacial score (nSPS) is 16.7. The topological polar surface area (TPSA) is 133 Å². The summed E-state index contributed by atoms with van der Waals surface area (Å²) in [4.78, 5) is 41.0. The minimum atomic E-state index is -4.45. The Labute approximate surface area is 352 Å². The van der Waals surface area contributed by atoms with Crippen molar-refractivity contribution in [2.24, 2.45) is 5.41 Å². The Kier molecular flexibility index (Phi) is 11.2. The van der Waals surface area contributed by atoms with Gasteiger partial charge in [-0.25, -0.2) is 4.58 Å². The number of anilines is 1. The van der Waals surface area contributed by atoms with E-state index in [1.54, 1.807) is 32.9 Å². The number of nitrogens with one attached hydrogen (secondary N) is 1. The van der Waals surface area contributed by atoms with Crippen LogP contribution in [0.2, 0.25) is 15.1 Å². The zero-order valence-electron chi connectivity index (χ0n) is 33.4. The minimum Gasteiger partial charge on any atom is -0.456 e. The Morgan fingerprint density at radius 1 is 0.982 bits per heavy atom. The number of benzene rings is 3. The number of halogens is 3. The molecule has 0 saturated carbocycles. The number of Topliss-reactive ketones (excluding diaryl/α,β-unsaturated/α-hetero) is 1. The number of hydrogen-bond donors (Lipinski definition) is 2. The van der Waals surface area contributed by atoms with Gasteiger partial charge in [0.05, 0.1) is 44.5 Å². The Balaban J connectivity index is 1.67. The standard InChI is InChI=1S/C42H44Cl3N3O7S2/c1-21-15-41(5,6)47(9)28-13-30-25(11-23(21)28)34(26-12-24-22(20-57(52,53)54)16-42(7,8)48(10)29(24)14-31(26)55-30)35-27(18-49)36(43)38(45)39(37(35)44)56-19-33(51)46-17-32(50)40(2,3)4/h11-16,18H,17,19-20H2,1-10H3,(H-,46,51,52,53,54)/p+1. The number of carbonyl (C=O) groups is 3. The highest BCUT2D eigenvalue weighted by molar-refractivity contribution is 8.00. The van der Waals surface area contributed by atoms with Crippen LogP contribution in [0.1, 0.15) is 88.0 Å². The van der Waals surface area contributed by atoms with Crippen LogP contribution in [-0.4, -0.2) is 74.2 Å². The summed E-state index contributed by atoms with van der Waals surface area (Å²) in [6.07, 6.45) is 4.54. The van der Waals surface area contributed by atoms with Gasteiger partial charge >= 0.3 is 0 Å². The molecule has 0 spiro atoms. The third kappa shape index (κ3) is 7.93. The predicted molar refractivity (Wildman–Crippen MR) is 231 cm³/mol. The van der Waals surface area contributed by atoms with Crippen molar-refractivity contribution in [2.45, 2.75) is 71.4 Å². The lowest BCUT2D eigenvalue weighted by Crippen LogP contribution is -2.47. The molecule has 57 heavy (non-hydrogen) atoms. The second-order valence-corrected chi connectivity index (χ2v) is 20.3. The van der Waals surface area contributed by atoms with E-state index >= 15 is 0 Å². The summed E-state index contributed by atoms with van der Waals surface area (Å²) in [5, 5.41) is 3.73. The molecule has 3 heterocycles. The van der Waals surface area contributed by atoms with Crippen LogP contribution in [0.25, 0.3) is 16.7 Å². The van der Waals surface area contributed by atoms with E-state index in [0.29, 0.717) is 50.6 Å². The monoisotopic (exact) mass is 872 g/mol. The molecule has 0 aliphatic carbocycles. The number of aldehydes is 1. The molecule has 0 aromatic heterocycles. The number of ether oxygens (including phenoxy) is 1. The van der Waals surface area contributed by atoms with Crippen molar-refractivity contribution in [3.8, 4) is 11.5 Å². The zero-order chi connectivity index (χ0) is 42.3. The van der Waals surface area contributed by atoms with E-state index in [0.717, 1.165) is 28.6 Å². The smallest absolute Gasteiger partial charge is 0.269 e. The Bertz CT molecular complexity index is 2620. The molecule has 15 heteroatoms. The van der Waals surface area contributed by atoms with Crippen LogP contribution in [0.15, 0.2) is 41.3 Å². The molecular formula is C42H45Cl3N3O7S2+. The van der Waals surface area contributed by atoms with Crippen molar-refractivity contribution >= 4 is 97.1 Å². The number of hydrogen-bond acceptors (Lipinski definition) is 8. The first-order chi connectivity index (χ1) is 26.3. The summed E-state index contributed by atoms with van der Waals surface area (Å²) in [5.74, 6) is -0.519. The van der Waals surface area contributed by atoms with Gasteiger partial charge in [-0.2, -0.15) is 8.42 Å². The van der Waals surface area contributed by atoms with Gasteiger partial charge in [0, 0.05) is 76.0 Å². The molecule has 3 aromatic rings. The van der Waals surface area contributed by atoms with Crippen LogP contribution in [0.3, 0.4) is 0 Å². The fourth-order valence-electron chi connectivity index (χ4n) is 7.37. The molecule has 6 rings (SSSR count). The van der Waals surface area contributed by atoms with Crippen molar-refractivity contribution in [3.63, 3.8) is 0 Å². The lowest BCUT2D eigenvalue weighted by molar-refractivity contribution is -0.128. The van der Waals surface area contributed by atoms with Crippen molar-refractivity contribution in [1.82, 2.24) is 9.89 Å². The lowest BCUT2D eigenvalue weighted by atomic mass is 9.83. The molecule has 0 atom stereocenters. The van der Waals surface area contributed by atoms with Crippen LogP contribution >= 0.6 is 46.6 Å². The molecule has 1 amide bonds. The van der Waals surface area contributed by atoms with Gasteiger partial charge in [0.25, 0.3) is 10.1 Å². The van der Waals surface area contributed by atoms with Gasteiger partial charge in [0.2, 0.25) is 11.3 Å². The number of thioether (sulfide) groups is 1. The number of fused-ring (bicyclic) bond motifs is 4. The first-order valence-corrected chi connectivity index (χ1v) is 21.9. The number of likely N-dealkylation sites (N-methyl/N-ethyl adjacent to an activating group) is 2. The van der Waals surface area contributed by atoms with E-state index in [4.69, 9.17) is 39.5 Å². The third-order valence-electron chi connectivity index (χ3n) is 10.9. The quantitative estimate of drug-likeness (QED) is 0.0579. The maximum absolute atomic E-state index is 13.1. The molecule has 3 aliphatic rings. The average Bonchev–Trinajstić information content (AvgIpc) is 3.10. The summed E-state index contributed by atoms with van der Waals surface area (Å²) < 4.78 is 43.5. The van der Waals surface area contributed by atoms with Gasteiger partial charge in [0.1, 0.15) is 24.3 Å². The van der Waals surface area contributed by atoms with Gasteiger partial charge in [0.15, 0.2) is 17.6 Å². The SMILES string of the molecule is CC1=CC(C)(C)N(C)c2cc3c(cc21)C(c1c(Cl)c(SCC(=O)NCC(=O)C(C)(C)C)c(Cl)c(Cl)c1C=O)=c1cc2c(cc1O3)=[N+](C)C(C)(C)C=C2CS(=O)(=O)O. The maximum atomic E-state index is 13.1. The second kappa shape index (κ2) is 14.9. The van der Waals surface area contributed by atoms with E-state index in [1.807, 2.05) is 57.6 Å². The molecule has 3 aliphatic heterocycles. The van der Waals surface area contributed by atoms with Crippen molar-refractivity contribution in [3.05, 3.63) is 89.9 Å². The highest BCUT2D eigenvalue weighted by Gasteiger charge is 2.37. The van der Waals surface area contributed by atoms with Gasteiger partial charge in [-0.05, 0) is 50.1 Å². The number of nitrogens with zero attached hydrogens (tertiary/aromatic N) is 2. The van der Waals surface area contributed by atoms with Gasteiger partial charge < -0.3 is 15.0 Å². The van der Waals surface area contributed by atoms with Gasteiger partial charge in [-0.1, -0.05) is 61.7 Å². The number of rotatable bonds is 9. The Morgan fingerprint density at radius 2 is 1.65 bits per heavy atom. The molecule has 0 radical (unpaired) electrons. The highest BCUT2D eigenvalue weighted by atomic mass is 35.5. The first kappa shape index (κ1) is 42.9. The maximum Gasteiger partial charge on any atom is 0.269 e. The van der Waals surface area contributed by atoms with Crippen LogP contribution in [0, 0.1) is 5.41 Å². The van der Waals surface area contributed by atoms with Crippen LogP contribution in [0.4, 0.5) is 5.69 Å². The molecule has 10 nitrogen and oxygen atoms in total. The zero-order valence-corrected chi connectivity index (χ0v) is 37.3. The fourth-order valence-corrected chi connectivity index (χ4v) is 9.99. The van der Waals surface area contributed by atoms with E-state index in [1.165, 1.54) is 0 Å². The summed E-state index contributed by atoms with van der Waals surface area (Å²) in [7, 11) is -0.565. The number of carbonyl (C=O) groups excluding carboxylic acids is 3. The van der Waals surface area contributed by atoms with Crippen LogP contribution in [0.5, 0.6) is 11.5 Å². The summed E-state index contributed by atoms with van der Waals surface area (Å²) in [6, 6.07) is 7.52. The van der Waals surface area contributed by atoms with Crippen molar-refractivity contribution in [2.75, 3.05) is 37.0 Å². The minimum absolute atomic E-state index is 0.00190. The van der Waals surface area contributed by atoms with Crippen molar-refractivity contribution < 1.29 is 32.1 Å². The van der Waals surface area contributed by atoms with E-state index in [9.17, 15) is 27.4 Å². The summed E-state index contributed by atoms with van der Waals surface area (Å²) in [5.41, 5.74) is 3.40. The first-order valence-electron chi connectivity index (χ1n) is 18.1. The molecular weight excluding hydrogens is 829 g/mol. The van der Waals surface area contributed by atoms with E-state index < -0.39 is 32.7 Å². The summed E-state index contributed by atoms with van der Waals surface area (Å²) >= 11 is 22.1. The summed E-state index contributed by atoms with van der Waals surface area (Å²) in [6.45, 7) is 15.3. The number of ketones is 1. The highest BCUT2D eigenvalue weighted by Crippen LogP contribution is 2.51. The molecule has 0 fully saturated rings. The Morgan fingerprint density at radius 3 is 2.26 bits per heavy atom. The molecule has 3 aromatic carbocycles. The predicted octanol–water partition coefficient (Wildman–Crippen LogP) is 7.45. The van der Waals surface area contributed by atoms with E-state index in [2.05, 4.69) is 30.1 Å². The molecule has 0 unspecified atom stereocenters. The average molecular weight is 874 g/mol. The van der Waals surface area contributed by atoms with Gasteiger partial charge in [-0.15, -0.1) is 11.8 Å². The Hall–Kier alpha value is -3.65. The number of allylic oxidation sites excluding steroid dienone is 1. The van der Waals surface area contributed by atoms with Crippen LogP contribution in [-0.2, 0) is 19.7 Å². The number of amides is 1. The largest absolute Gasteiger partial charge is 0.456 e. The third-order valence-corrected chi connectivity index (χ3v) is 14.2. The molecule has 302 valence electrons. The fraction of sp³-hybridized carbons (Fsp3) is 0.381. The van der Waals surface area contributed by atoms with Gasteiger partial charge in [-0.3, -0.25) is 18.9 Å². The lowest BCUT2D eigenvalue weighted by Gasteiger charge is -2.41. The molecule has 0 saturated heterocycles. The van der Waals surface area contributed by atoms with Crippen molar-refractivity contribution in [1.29, 1.82) is 0 Å². The second-order valence-electron chi connectivity index (χ2n) is 16.8. The van der Waals surface area contributed by atoms with Crippen LogP contribution < -0.4 is 30.1 Å².